The molecule has 0 amide bonds. The second-order valence-electron chi connectivity index (χ2n) is 2.39. The minimum absolute atomic E-state index is 0.206. The molecule has 0 spiro atoms. The van der Waals surface area contributed by atoms with Crippen LogP contribution >= 0.6 is 0 Å². The highest BCUT2D eigenvalue weighted by Gasteiger charge is 2.21. The van der Waals surface area contributed by atoms with Gasteiger partial charge in [0.05, 0.1) is 6.10 Å². The lowest BCUT2D eigenvalue weighted by Crippen LogP contribution is -2.29. The second-order valence-corrected chi connectivity index (χ2v) is 2.39. The van der Waals surface area contributed by atoms with Crippen molar-refractivity contribution >= 4 is 5.71 Å². The van der Waals surface area contributed by atoms with Crippen molar-refractivity contribution in [1.82, 2.24) is 0 Å². The number of aliphatic hydroxyl groups is 2. The van der Waals surface area contributed by atoms with Gasteiger partial charge in [0, 0.05) is 18.6 Å². The molecule has 0 radical (unpaired) electrons. The quantitative estimate of drug-likeness (QED) is 0.520. The van der Waals surface area contributed by atoms with E-state index in [0.717, 1.165) is 5.71 Å². The van der Waals surface area contributed by atoms with Gasteiger partial charge in [0.1, 0.15) is 6.23 Å². The number of aliphatic hydroxyl groups excluding tert-OH is 2. The average Bonchev–Trinajstić information content (AvgIpc) is 1.60. The normalized spacial score (nSPS) is 29.2. The monoisotopic (exact) mass is 129 g/mol. The third-order valence-electron chi connectivity index (χ3n) is 1.31. The van der Waals surface area contributed by atoms with Crippen LogP contribution in [0, 0.1) is 0 Å². The fourth-order valence-electron chi connectivity index (χ4n) is 0.854. The Hall–Kier alpha value is -0.410. The van der Waals surface area contributed by atoms with Crippen molar-refractivity contribution in [1.29, 1.82) is 0 Å². The maximum atomic E-state index is 8.77. The number of hydrogen-bond donors (Lipinski definition) is 2. The number of aliphatic imine (C=N–C) groups is 1. The highest BCUT2D eigenvalue weighted by Crippen LogP contribution is 2.16. The predicted molar refractivity (Wildman–Crippen MR) is 34.4 cm³/mol. The third kappa shape index (κ3) is 1.77. The molecule has 0 heterocycles. The average molecular weight is 129 g/mol. The van der Waals surface area contributed by atoms with E-state index in [-0.39, 0.29) is 6.10 Å². The first-order valence-electron chi connectivity index (χ1n) is 3.10. The Morgan fingerprint density at radius 1 is 1.67 bits per heavy atom. The van der Waals surface area contributed by atoms with Crippen LogP contribution in [0.4, 0.5) is 0 Å². The van der Waals surface area contributed by atoms with E-state index in [0.29, 0.717) is 12.8 Å². The molecular formula is C6H11NO2. The van der Waals surface area contributed by atoms with Crippen molar-refractivity contribution < 1.29 is 10.2 Å². The van der Waals surface area contributed by atoms with Gasteiger partial charge in [-0.3, -0.25) is 4.99 Å². The van der Waals surface area contributed by atoms with E-state index in [1.165, 1.54) is 0 Å². The Labute approximate surface area is 54.0 Å². The molecular weight excluding hydrogens is 118 g/mol. The highest BCUT2D eigenvalue weighted by molar-refractivity contribution is 5.90. The van der Waals surface area contributed by atoms with E-state index < -0.39 is 6.23 Å². The largest absolute Gasteiger partial charge is 0.392 e. The molecule has 0 aromatic heterocycles. The van der Waals surface area contributed by atoms with Crippen LogP contribution in [0.15, 0.2) is 4.99 Å². The summed E-state index contributed by atoms with van der Waals surface area (Å²) < 4.78 is 0. The van der Waals surface area contributed by atoms with Crippen molar-refractivity contribution in [2.45, 2.75) is 32.1 Å². The van der Waals surface area contributed by atoms with Gasteiger partial charge in [0.15, 0.2) is 0 Å². The molecule has 1 rings (SSSR count). The second kappa shape index (κ2) is 2.45. The van der Waals surface area contributed by atoms with Crippen LogP contribution in [-0.4, -0.2) is 28.3 Å². The topological polar surface area (TPSA) is 52.8 Å². The molecule has 52 valence electrons. The molecule has 3 heteroatoms. The lowest BCUT2D eigenvalue weighted by atomic mass is 9.93. The molecule has 3 nitrogen and oxygen atoms in total. The Kier molecular flexibility index (Phi) is 1.83. The molecule has 1 aliphatic carbocycles. The smallest absolute Gasteiger partial charge is 0.142 e. The van der Waals surface area contributed by atoms with Crippen LogP contribution in [0.1, 0.15) is 19.8 Å². The Morgan fingerprint density at radius 3 is 2.56 bits per heavy atom. The lowest BCUT2D eigenvalue weighted by Gasteiger charge is -2.22. The van der Waals surface area contributed by atoms with Crippen LogP contribution in [0.2, 0.25) is 0 Å². The molecule has 1 atom stereocenters. The zero-order valence-corrected chi connectivity index (χ0v) is 5.41. The summed E-state index contributed by atoms with van der Waals surface area (Å²) in [5.74, 6) is 0. The molecule has 0 aliphatic heterocycles. The van der Waals surface area contributed by atoms with Gasteiger partial charge in [-0.2, -0.15) is 0 Å². The van der Waals surface area contributed by atoms with Crippen molar-refractivity contribution in [3.8, 4) is 0 Å². The van der Waals surface area contributed by atoms with E-state index in [1.807, 2.05) is 0 Å². The summed E-state index contributed by atoms with van der Waals surface area (Å²) in [5.41, 5.74) is 0.928. The summed E-state index contributed by atoms with van der Waals surface area (Å²) in [4.78, 5) is 3.85. The SMILES string of the molecule is CC(O)N=C1CC(O)C1. The number of nitrogens with zero attached hydrogens (tertiary/aromatic N) is 1. The first kappa shape index (κ1) is 6.71. The molecule has 1 saturated carbocycles. The fraction of sp³-hybridized carbons (Fsp3) is 0.833. The van der Waals surface area contributed by atoms with E-state index in [9.17, 15) is 0 Å². The van der Waals surface area contributed by atoms with Gasteiger partial charge in [-0.05, 0) is 6.92 Å². The van der Waals surface area contributed by atoms with Gasteiger partial charge in [-0.15, -0.1) is 0 Å². The van der Waals surface area contributed by atoms with Crippen LogP contribution in [0.25, 0.3) is 0 Å². The summed E-state index contributed by atoms with van der Waals surface area (Å²) in [6.07, 6.45) is 0.477. The molecule has 0 aromatic rings. The van der Waals surface area contributed by atoms with Crippen molar-refractivity contribution in [3.63, 3.8) is 0 Å². The zero-order chi connectivity index (χ0) is 6.85. The molecule has 2 N–H and O–H groups in total. The zero-order valence-electron chi connectivity index (χ0n) is 5.41. The number of hydrogen-bond acceptors (Lipinski definition) is 3. The van der Waals surface area contributed by atoms with Crippen LogP contribution in [-0.2, 0) is 0 Å². The van der Waals surface area contributed by atoms with Crippen LogP contribution in [0.3, 0.4) is 0 Å². The molecule has 1 unspecified atom stereocenters. The van der Waals surface area contributed by atoms with E-state index >= 15 is 0 Å². The fourth-order valence-corrected chi connectivity index (χ4v) is 0.854. The lowest BCUT2D eigenvalue weighted by molar-refractivity contribution is 0.159. The van der Waals surface area contributed by atoms with Gasteiger partial charge in [0.2, 0.25) is 0 Å². The molecule has 1 fully saturated rings. The maximum Gasteiger partial charge on any atom is 0.142 e. The highest BCUT2D eigenvalue weighted by atomic mass is 16.3. The van der Waals surface area contributed by atoms with E-state index in [2.05, 4.69) is 4.99 Å². The molecule has 0 saturated heterocycles. The third-order valence-corrected chi connectivity index (χ3v) is 1.31. The Morgan fingerprint density at radius 2 is 2.22 bits per heavy atom. The molecule has 9 heavy (non-hydrogen) atoms. The first-order chi connectivity index (χ1) is 4.18. The minimum atomic E-state index is -0.604. The Bertz CT molecular complexity index is 123. The standard InChI is InChI=1S/C6H11NO2/c1-4(8)7-5-2-6(9)3-5/h4,6,8-9H,2-3H2,1H3. The predicted octanol–water partition coefficient (Wildman–Crippen LogP) is -0.0796. The minimum Gasteiger partial charge on any atom is -0.392 e. The van der Waals surface area contributed by atoms with Crippen LogP contribution < -0.4 is 0 Å². The van der Waals surface area contributed by atoms with Gasteiger partial charge < -0.3 is 10.2 Å². The Balaban J connectivity index is 2.30. The summed E-state index contributed by atoms with van der Waals surface area (Å²) in [6, 6.07) is 0. The van der Waals surface area contributed by atoms with Gasteiger partial charge in [0.25, 0.3) is 0 Å². The molecule has 0 aromatic carbocycles. The summed E-state index contributed by atoms with van der Waals surface area (Å²) >= 11 is 0. The van der Waals surface area contributed by atoms with E-state index in [1.54, 1.807) is 6.92 Å². The summed E-state index contributed by atoms with van der Waals surface area (Å²) in [5, 5.41) is 17.5. The van der Waals surface area contributed by atoms with Crippen molar-refractivity contribution in [2.75, 3.05) is 0 Å². The van der Waals surface area contributed by atoms with Gasteiger partial charge in [-0.25, -0.2) is 0 Å². The number of rotatable bonds is 1. The molecule has 0 bridgehead atoms. The van der Waals surface area contributed by atoms with E-state index in [4.69, 9.17) is 10.2 Å². The summed E-state index contributed by atoms with van der Waals surface area (Å²) in [6.45, 7) is 1.61. The van der Waals surface area contributed by atoms with Gasteiger partial charge in [-0.1, -0.05) is 0 Å². The van der Waals surface area contributed by atoms with Crippen LogP contribution in [0.5, 0.6) is 0 Å². The maximum absolute atomic E-state index is 8.77. The molecule has 1 aliphatic rings. The van der Waals surface area contributed by atoms with Crippen molar-refractivity contribution in [2.24, 2.45) is 4.99 Å². The summed E-state index contributed by atoms with van der Waals surface area (Å²) in [7, 11) is 0. The first-order valence-corrected chi connectivity index (χ1v) is 3.10. The van der Waals surface area contributed by atoms with Crippen molar-refractivity contribution in [3.05, 3.63) is 0 Å². The van der Waals surface area contributed by atoms with Gasteiger partial charge >= 0.3 is 0 Å².